The van der Waals surface area contributed by atoms with Gasteiger partial charge in [-0.2, -0.15) is 8.42 Å². The van der Waals surface area contributed by atoms with E-state index in [0.29, 0.717) is 25.1 Å². The highest BCUT2D eigenvalue weighted by Crippen LogP contribution is 2.41. The van der Waals surface area contributed by atoms with E-state index in [2.05, 4.69) is 37.2 Å². The molecule has 10 nitrogen and oxygen atoms in total. The van der Waals surface area contributed by atoms with Gasteiger partial charge in [0.25, 0.3) is 5.91 Å². The maximum absolute atomic E-state index is 13.3. The summed E-state index contributed by atoms with van der Waals surface area (Å²) in [4.78, 5) is 24.4. The molecule has 226 valence electrons. The third-order valence-corrected chi connectivity index (χ3v) is 11.8. The molecule has 44 heavy (non-hydrogen) atoms. The number of halogens is 2. The molecule has 0 atom stereocenters. The molecule has 1 heterocycles. The Morgan fingerprint density at radius 2 is 1.59 bits per heavy atom. The zero-order valence-corrected chi connectivity index (χ0v) is 28.1. The van der Waals surface area contributed by atoms with Crippen LogP contribution in [-0.4, -0.2) is 27.7 Å². The first-order chi connectivity index (χ1) is 20.7. The molecule has 0 unspecified atom stereocenters. The number of fused-ring (bicyclic) bond motifs is 1. The summed E-state index contributed by atoms with van der Waals surface area (Å²) in [6, 6.07) is 19.1. The van der Waals surface area contributed by atoms with Gasteiger partial charge in [-0.05, 0) is 72.7 Å². The van der Waals surface area contributed by atoms with Crippen LogP contribution in [0.2, 0.25) is 0 Å². The highest BCUT2D eigenvalue weighted by Gasteiger charge is 2.27. The predicted molar refractivity (Wildman–Crippen MR) is 174 cm³/mol. The van der Waals surface area contributed by atoms with Crippen LogP contribution in [-0.2, 0) is 30.5 Å². The molecule has 0 bridgehead atoms. The number of sulfone groups is 1. The Balaban J connectivity index is 1.43. The predicted octanol–water partition coefficient (Wildman–Crippen LogP) is 7.26. The Hall–Kier alpha value is -3.50. The van der Waals surface area contributed by atoms with E-state index in [1.165, 1.54) is 42.5 Å². The summed E-state index contributed by atoms with van der Waals surface area (Å²) >= 11 is 7.78. The Morgan fingerprint density at radius 3 is 2.25 bits per heavy atom. The largest absolute Gasteiger partial charge is 0.372 e. The summed E-state index contributed by atoms with van der Waals surface area (Å²) in [6.45, 7) is 1.78. The summed E-state index contributed by atoms with van der Waals surface area (Å²) in [6.07, 6.45) is 1.38. The summed E-state index contributed by atoms with van der Waals surface area (Å²) in [7, 11) is -8.13. The number of benzene rings is 4. The van der Waals surface area contributed by atoms with Gasteiger partial charge in [0, 0.05) is 19.9 Å². The Kier molecular flexibility index (Phi) is 9.05. The number of nitrogens with zero attached hydrogens (tertiary/aromatic N) is 1. The van der Waals surface area contributed by atoms with Crippen LogP contribution in [0, 0.1) is 17.0 Å². The molecule has 0 spiro atoms. The summed E-state index contributed by atoms with van der Waals surface area (Å²) in [5, 5.41) is 14.5. The van der Waals surface area contributed by atoms with E-state index in [9.17, 15) is 31.7 Å². The number of nitro benzene ring substituents is 1. The fourth-order valence-corrected chi connectivity index (χ4v) is 9.22. The molecule has 1 amide bonds. The number of amides is 1. The van der Waals surface area contributed by atoms with Crippen LogP contribution in [0.25, 0.3) is 6.08 Å². The Bertz CT molecular complexity index is 2060. The zero-order valence-electron chi connectivity index (χ0n) is 22.5. The maximum Gasteiger partial charge on any atom is 0.339 e. The second-order valence-corrected chi connectivity index (χ2v) is 15.8. The lowest BCUT2D eigenvalue weighted by Gasteiger charge is -2.19. The van der Waals surface area contributed by atoms with Crippen molar-refractivity contribution in [3.8, 4) is 5.75 Å². The van der Waals surface area contributed by atoms with Gasteiger partial charge >= 0.3 is 15.8 Å². The topological polar surface area (TPSA) is 150 Å². The minimum Gasteiger partial charge on any atom is -0.372 e. The fourth-order valence-electron chi connectivity index (χ4n) is 4.13. The first kappa shape index (κ1) is 31.9. The molecule has 0 fully saturated rings. The van der Waals surface area contributed by atoms with E-state index in [4.69, 9.17) is 4.18 Å². The van der Waals surface area contributed by atoms with E-state index in [1.807, 2.05) is 0 Å². The number of hydrogen-bond donors (Lipinski definition) is 1. The average Bonchev–Trinajstić information content (AvgIpc) is 2.96. The van der Waals surface area contributed by atoms with Crippen molar-refractivity contribution in [3.63, 3.8) is 0 Å². The molecule has 4 aromatic carbocycles. The highest BCUT2D eigenvalue weighted by molar-refractivity contribution is 9.11. The molecule has 5 rings (SSSR count). The van der Waals surface area contributed by atoms with Crippen molar-refractivity contribution < 1.29 is 30.7 Å². The number of aryl methyl sites for hydroxylation is 1. The number of thioether (sulfide) groups is 1. The second kappa shape index (κ2) is 12.5. The molecule has 4 aromatic rings. The Morgan fingerprint density at radius 1 is 0.932 bits per heavy atom. The zero-order chi connectivity index (χ0) is 31.8. The van der Waals surface area contributed by atoms with E-state index in [0.717, 1.165) is 29.5 Å². The highest BCUT2D eigenvalue weighted by atomic mass is 79.9. The molecule has 0 saturated heterocycles. The summed E-state index contributed by atoms with van der Waals surface area (Å²) in [5.74, 6) is -1.26. The molecular weight excluding hydrogens is 760 g/mol. The maximum atomic E-state index is 13.3. The molecule has 1 aliphatic heterocycles. The van der Waals surface area contributed by atoms with Gasteiger partial charge in [0.2, 0.25) is 5.75 Å². The second-order valence-electron chi connectivity index (χ2n) is 9.52. The average molecular weight is 780 g/mol. The minimum absolute atomic E-state index is 0.0498. The first-order valence-corrected chi connectivity index (χ1v) is 18.0. The van der Waals surface area contributed by atoms with Gasteiger partial charge in [0.1, 0.15) is 4.90 Å². The number of hydrogen-bond acceptors (Lipinski definition) is 9. The van der Waals surface area contributed by atoms with Crippen LogP contribution in [0.15, 0.2) is 107 Å². The van der Waals surface area contributed by atoms with Gasteiger partial charge in [-0.25, -0.2) is 8.42 Å². The number of anilines is 1. The molecule has 15 heteroatoms. The molecule has 1 N–H and O–H groups in total. The molecule has 0 saturated carbocycles. The quantitative estimate of drug-likeness (QED) is 0.0844. The van der Waals surface area contributed by atoms with Crippen LogP contribution in [0.4, 0.5) is 11.4 Å². The number of carbonyl (C=O) groups is 1. The van der Waals surface area contributed by atoms with Gasteiger partial charge < -0.3 is 9.50 Å². The van der Waals surface area contributed by atoms with Crippen molar-refractivity contribution in [3.05, 3.63) is 120 Å². The van der Waals surface area contributed by atoms with Gasteiger partial charge in [-0.15, -0.1) is 0 Å². The van der Waals surface area contributed by atoms with Crippen molar-refractivity contribution in [1.29, 1.82) is 0 Å². The van der Waals surface area contributed by atoms with Gasteiger partial charge in [-0.3, -0.25) is 14.9 Å². The number of nitro groups is 1. The van der Waals surface area contributed by atoms with E-state index >= 15 is 0 Å². The van der Waals surface area contributed by atoms with Crippen molar-refractivity contribution >= 4 is 86.9 Å². The van der Waals surface area contributed by atoms with E-state index < -0.39 is 42.2 Å². The monoisotopic (exact) mass is 778 g/mol. The van der Waals surface area contributed by atoms with Gasteiger partial charge in [0.05, 0.1) is 26.2 Å². The SMILES string of the molecule is Cc1ccc(S(=O)(=O)Oc2ccc(C=C3Sc4cc(S(=O)(=O)Cc5c(Br)cccc5Br)ccc4NC3=O)cc2[N+](=O)[O-])cc1. The smallest absolute Gasteiger partial charge is 0.339 e. The van der Waals surface area contributed by atoms with Crippen LogP contribution >= 0.6 is 43.6 Å². The van der Waals surface area contributed by atoms with E-state index in [-0.39, 0.29) is 26.0 Å². The summed E-state index contributed by atoms with van der Waals surface area (Å²) in [5.41, 5.74) is 1.40. The first-order valence-electron chi connectivity index (χ1n) is 12.5. The normalized spacial score (nSPS) is 14.2. The summed E-state index contributed by atoms with van der Waals surface area (Å²) < 4.78 is 58.4. The van der Waals surface area contributed by atoms with Crippen LogP contribution < -0.4 is 9.50 Å². The number of nitrogens with one attached hydrogen (secondary N) is 1. The van der Waals surface area contributed by atoms with Crippen molar-refractivity contribution in [1.82, 2.24) is 0 Å². The lowest BCUT2D eigenvalue weighted by atomic mass is 10.1. The standard InChI is InChI=1S/C29H20Br2N2O8S3/c1-17-5-8-19(9-6-17)44(39,40)41-26-12-7-18(13-25(26)33(35)36)14-28-29(34)32-24-11-10-20(15-27(24)42-28)43(37,38)16-21-22(30)3-2-4-23(21)31/h2-15H,16H2,1H3,(H,32,34). The molecular formula is C29H20Br2N2O8S3. The lowest BCUT2D eigenvalue weighted by Crippen LogP contribution is -2.17. The minimum atomic E-state index is -4.35. The van der Waals surface area contributed by atoms with Gasteiger partial charge in [0.15, 0.2) is 9.84 Å². The van der Waals surface area contributed by atoms with Gasteiger partial charge in [-0.1, -0.05) is 73.5 Å². The third-order valence-electron chi connectivity index (χ3n) is 6.39. The van der Waals surface area contributed by atoms with Crippen LogP contribution in [0.5, 0.6) is 5.75 Å². The molecule has 0 aliphatic carbocycles. The Labute approximate surface area is 274 Å². The fraction of sp³-hybridized carbons (Fsp3) is 0.0690. The number of carbonyl (C=O) groups excluding carboxylic acids is 1. The molecule has 0 radical (unpaired) electrons. The molecule has 1 aliphatic rings. The van der Waals surface area contributed by atoms with Crippen molar-refractivity contribution in [2.24, 2.45) is 0 Å². The van der Waals surface area contributed by atoms with E-state index in [1.54, 1.807) is 37.3 Å². The molecule has 0 aromatic heterocycles. The van der Waals surface area contributed by atoms with Crippen LogP contribution in [0.3, 0.4) is 0 Å². The van der Waals surface area contributed by atoms with Crippen molar-refractivity contribution in [2.75, 3.05) is 5.32 Å². The lowest BCUT2D eigenvalue weighted by molar-refractivity contribution is -0.385. The van der Waals surface area contributed by atoms with Crippen molar-refractivity contribution in [2.45, 2.75) is 27.4 Å². The van der Waals surface area contributed by atoms with Crippen LogP contribution in [0.1, 0.15) is 16.7 Å². The third kappa shape index (κ3) is 6.91. The number of rotatable bonds is 8.